The molecule has 3 rings (SSSR count). The van der Waals surface area contributed by atoms with Gasteiger partial charge in [0.05, 0.1) is 5.69 Å². The summed E-state index contributed by atoms with van der Waals surface area (Å²) in [5.41, 5.74) is 1.56. The van der Waals surface area contributed by atoms with Gasteiger partial charge in [0.15, 0.2) is 5.13 Å². The van der Waals surface area contributed by atoms with Gasteiger partial charge < -0.3 is 10.2 Å². The molecule has 3 amide bonds. The molecule has 2 heterocycles. The number of likely N-dealkylation sites (tertiary alicyclic amines) is 1. The van der Waals surface area contributed by atoms with Crippen LogP contribution in [-0.4, -0.2) is 34.9 Å². The van der Waals surface area contributed by atoms with Crippen molar-refractivity contribution in [2.75, 3.05) is 23.7 Å². The van der Waals surface area contributed by atoms with E-state index in [1.807, 2.05) is 40.6 Å². The van der Waals surface area contributed by atoms with Gasteiger partial charge in [0.1, 0.15) is 0 Å². The SMILES string of the molecule is O=C(Nc1ccccc1)Nc1nc(CCC(=O)N2CCCC2)cs1. The lowest BCUT2D eigenvalue weighted by atomic mass is 10.2. The van der Waals surface area contributed by atoms with Crippen molar-refractivity contribution in [3.05, 3.63) is 41.4 Å². The van der Waals surface area contributed by atoms with Crippen LogP contribution in [0.1, 0.15) is 25.0 Å². The lowest BCUT2D eigenvalue weighted by Gasteiger charge is -2.14. The van der Waals surface area contributed by atoms with Gasteiger partial charge in [-0.3, -0.25) is 10.1 Å². The number of nitrogens with one attached hydrogen (secondary N) is 2. The molecule has 1 fully saturated rings. The summed E-state index contributed by atoms with van der Waals surface area (Å²) >= 11 is 1.36. The number of thiazole rings is 1. The molecule has 0 aliphatic carbocycles. The second-order valence-corrected chi connectivity index (χ2v) is 6.54. The Hall–Kier alpha value is -2.41. The number of nitrogens with zero attached hydrogens (tertiary/aromatic N) is 2. The first-order valence-corrected chi connectivity index (χ1v) is 8.94. The van der Waals surface area contributed by atoms with E-state index in [2.05, 4.69) is 15.6 Å². The van der Waals surface area contributed by atoms with Gasteiger partial charge in [-0.05, 0) is 31.4 Å². The molecule has 0 bridgehead atoms. The summed E-state index contributed by atoms with van der Waals surface area (Å²) in [4.78, 5) is 30.2. The monoisotopic (exact) mass is 344 g/mol. The number of aryl methyl sites for hydroxylation is 1. The number of benzene rings is 1. The molecule has 7 heteroatoms. The molecule has 126 valence electrons. The molecule has 0 radical (unpaired) electrons. The smallest absolute Gasteiger partial charge is 0.325 e. The molecule has 1 aliphatic rings. The van der Waals surface area contributed by atoms with E-state index in [1.54, 1.807) is 0 Å². The predicted octanol–water partition coefficient (Wildman–Crippen LogP) is 3.34. The first-order chi connectivity index (χ1) is 11.7. The Morgan fingerprint density at radius 1 is 1.12 bits per heavy atom. The quantitative estimate of drug-likeness (QED) is 0.873. The van der Waals surface area contributed by atoms with E-state index in [-0.39, 0.29) is 11.9 Å². The summed E-state index contributed by atoms with van der Waals surface area (Å²) < 4.78 is 0. The summed E-state index contributed by atoms with van der Waals surface area (Å²) in [5, 5.41) is 7.88. The van der Waals surface area contributed by atoms with Crippen molar-refractivity contribution >= 4 is 34.1 Å². The van der Waals surface area contributed by atoms with Crippen LogP contribution in [-0.2, 0) is 11.2 Å². The van der Waals surface area contributed by atoms with Crippen LogP contribution in [0.2, 0.25) is 0 Å². The molecule has 0 atom stereocenters. The van der Waals surface area contributed by atoms with Crippen molar-refractivity contribution < 1.29 is 9.59 Å². The van der Waals surface area contributed by atoms with Crippen LogP contribution >= 0.6 is 11.3 Å². The fourth-order valence-electron chi connectivity index (χ4n) is 2.62. The largest absolute Gasteiger partial charge is 0.343 e. The molecule has 1 aliphatic heterocycles. The van der Waals surface area contributed by atoms with Gasteiger partial charge in [-0.2, -0.15) is 0 Å². The average molecular weight is 344 g/mol. The highest BCUT2D eigenvalue weighted by Crippen LogP contribution is 2.18. The molecule has 1 aromatic heterocycles. The molecule has 2 N–H and O–H groups in total. The van der Waals surface area contributed by atoms with E-state index in [0.29, 0.717) is 18.0 Å². The number of hydrogen-bond acceptors (Lipinski definition) is 4. The Balaban J connectivity index is 1.46. The number of anilines is 2. The van der Waals surface area contributed by atoms with E-state index in [4.69, 9.17) is 0 Å². The van der Waals surface area contributed by atoms with E-state index in [1.165, 1.54) is 11.3 Å². The van der Waals surface area contributed by atoms with E-state index in [9.17, 15) is 9.59 Å². The van der Waals surface area contributed by atoms with Crippen LogP contribution in [0.25, 0.3) is 0 Å². The van der Waals surface area contributed by atoms with Crippen molar-refractivity contribution in [3.8, 4) is 0 Å². The molecule has 6 nitrogen and oxygen atoms in total. The van der Waals surface area contributed by atoms with Gasteiger partial charge >= 0.3 is 6.03 Å². The fourth-order valence-corrected chi connectivity index (χ4v) is 3.36. The third-order valence-corrected chi connectivity index (χ3v) is 4.66. The second kappa shape index (κ2) is 7.92. The lowest BCUT2D eigenvalue weighted by molar-refractivity contribution is -0.130. The molecular weight excluding hydrogens is 324 g/mol. The maximum atomic E-state index is 12.0. The number of rotatable bonds is 5. The van der Waals surface area contributed by atoms with Crippen molar-refractivity contribution in [2.45, 2.75) is 25.7 Å². The van der Waals surface area contributed by atoms with Crippen LogP contribution in [0.5, 0.6) is 0 Å². The third-order valence-electron chi connectivity index (χ3n) is 3.86. The number of para-hydroxylation sites is 1. The zero-order chi connectivity index (χ0) is 16.8. The van der Waals surface area contributed by atoms with E-state index >= 15 is 0 Å². The number of hydrogen-bond donors (Lipinski definition) is 2. The summed E-state index contributed by atoms with van der Waals surface area (Å²) in [5.74, 6) is 0.192. The standard InChI is InChI=1S/C17H20N4O2S/c22-15(21-10-4-5-11-21)9-8-14-12-24-17(19-14)20-16(23)18-13-6-2-1-3-7-13/h1-3,6-7,12H,4-5,8-11H2,(H2,18,19,20,23). The van der Waals surface area contributed by atoms with Crippen molar-refractivity contribution in [2.24, 2.45) is 0 Å². The van der Waals surface area contributed by atoms with Crippen LogP contribution in [0.3, 0.4) is 0 Å². The first kappa shape index (κ1) is 16.4. The van der Waals surface area contributed by atoms with Gasteiger partial charge in [-0.25, -0.2) is 9.78 Å². The van der Waals surface area contributed by atoms with Crippen LogP contribution < -0.4 is 10.6 Å². The molecule has 1 aromatic carbocycles. The highest BCUT2D eigenvalue weighted by Gasteiger charge is 2.18. The number of carbonyl (C=O) groups is 2. The maximum absolute atomic E-state index is 12.0. The van der Waals surface area contributed by atoms with E-state index in [0.717, 1.165) is 37.3 Å². The summed E-state index contributed by atoms with van der Waals surface area (Å²) in [6.07, 6.45) is 3.28. The number of carbonyl (C=O) groups excluding carboxylic acids is 2. The maximum Gasteiger partial charge on any atom is 0.325 e. The molecule has 0 saturated carbocycles. The first-order valence-electron chi connectivity index (χ1n) is 8.06. The van der Waals surface area contributed by atoms with Crippen LogP contribution in [0.4, 0.5) is 15.6 Å². The molecule has 0 spiro atoms. The number of amides is 3. The Morgan fingerprint density at radius 2 is 1.88 bits per heavy atom. The Kier molecular flexibility index (Phi) is 5.43. The third kappa shape index (κ3) is 4.55. The Bertz CT molecular complexity index is 696. The number of urea groups is 1. The minimum Gasteiger partial charge on any atom is -0.343 e. The fraction of sp³-hybridized carbons (Fsp3) is 0.353. The zero-order valence-corrected chi connectivity index (χ0v) is 14.1. The molecule has 2 aromatic rings. The molecule has 24 heavy (non-hydrogen) atoms. The van der Waals surface area contributed by atoms with Gasteiger partial charge in [-0.1, -0.05) is 18.2 Å². The van der Waals surface area contributed by atoms with Gasteiger partial charge in [-0.15, -0.1) is 11.3 Å². The van der Waals surface area contributed by atoms with Gasteiger partial charge in [0.25, 0.3) is 0 Å². The summed E-state index contributed by atoms with van der Waals surface area (Å²) in [7, 11) is 0. The highest BCUT2D eigenvalue weighted by molar-refractivity contribution is 7.13. The van der Waals surface area contributed by atoms with Crippen molar-refractivity contribution in [1.82, 2.24) is 9.88 Å². The predicted molar refractivity (Wildman–Crippen MR) is 95.3 cm³/mol. The average Bonchev–Trinajstić information content (AvgIpc) is 3.25. The lowest BCUT2D eigenvalue weighted by Crippen LogP contribution is -2.27. The zero-order valence-electron chi connectivity index (χ0n) is 13.3. The summed E-state index contributed by atoms with van der Waals surface area (Å²) in [6, 6.07) is 8.91. The highest BCUT2D eigenvalue weighted by atomic mass is 32.1. The topological polar surface area (TPSA) is 74.3 Å². The normalized spacial score (nSPS) is 13.8. The van der Waals surface area contributed by atoms with E-state index < -0.39 is 0 Å². The Morgan fingerprint density at radius 3 is 2.62 bits per heavy atom. The van der Waals surface area contributed by atoms with Crippen LogP contribution in [0, 0.1) is 0 Å². The minimum absolute atomic E-state index is 0.192. The number of aromatic nitrogens is 1. The summed E-state index contributed by atoms with van der Waals surface area (Å²) in [6.45, 7) is 1.75. The molecule has 0 unspecified atom stereocenters. The van der Waals surface area contributed by atoms with Gasteiger partial charge in [0, 0.05) is 30.6 Å². The van der Waals surface area contributed by atoms with Gasteiger partial charge in [0.2, 0.25) is 5.91 Å². The van der Waals surface area contributed by atoms with Crippen molar-refractivity contribution in [3.63, 3.8) is 0 Å². The van der Waals surface area contributed by atoms with Crippen LogP contribution in [0.15, 0.2) is 35.7 Å². The molecular formula is C17H20N4O2S. The molecule has 1 saturated heterocycles. The van der Waals surface area contributed by atoms with Crippen molar-refractivity contribution in [1.29, 1.82) is 0 Å². The second-order valence-electron chi connectivity index (χ2n) is 5.68. The minimum atomic E-state index is -0.324. The Labute approximate surface area is 144 Å².